The average molecular weight is 304 g/mol. The van der Waals surface area contributed by atoms with Gasteiger partial charge in [0.2, 0.25) is 0 Å². The van der Waals surface area contributed by atoms with Gasteiger partial charge in [-0.25, -0.2) is 0 Å². The third-order valence-electron chi connectivity index (χ3n) is 3.07. The number of rotatable bonds is 10. The summed E-state index contributed by atoms with van der Waals surface area (Å²) < 4.78 is 45.2. The van der Waals surface area contributed by atoms with Crippen molar-refractivity contribution in [3.05, 3.63) is 24.3 Å². The molecule has 0 saturated heterocycles. The summed E-state index contributed by atoms with van der Waals surface area (Å²) in [7, 11) is 0. The maximum atomic E-state index is 12.0. The van der Waals surface area contributed by atoms with Crippen LogP contribution in [0.5, 0.6) is 11.5 Å². The van der Waals surface area contributed by atoms with Crippen LogP contribution < -0.4 is 9.47 Å². The Morgan fingerprint density at radius 2 is 1.33 bits per heavy atom. The standard InChI is InChI=1S/C16H23F3O2/c1-2-3-4-5-6-7-8-13-20-14-9-11-15(12-10-14)21-16(17,18)19/h9-12H,2-8,13H2,1H3. The molecule has 0 heterocycles. The molecule has 0 aliphatic heterocycles. The SMILES string of the molecule is CCCCCCCCCOc1ccc(OC(F)(F)F)cc1. The van der Waals surface area contributed by atoms with E-state index in [-0.39, 0.29) is 5.75 Å². The second kappa shape index (κ2) is 9.53. The van der Waals surface area contributed by atoms with Crippen LogP contribution in [0.25, 0.3) is 0 Å². The van der Waals surface area contributed by atoms with Gasteiger partial charge in [0.05, 0.1) is 6.61 Å². The van der Waals surface area contributed by atoms with E-state index >= 15 is 0 Å². The third kappa shape index (κ3) is 9.21. The maximum absolute atomic E-state index is 12.0. The summed E-state index contributed by atoms with van der Waals surface area (Å²) in [6.07, 6.45) is 3.74. The van der Waals surface area contributed by atoms with Gasteiger partial charge in [-0.15, -0.1) is 13.2 Å². The minimum Gasteiger partial charge on any atom is -0.494 e. The van der Waals surface area contributed by atoms with E-state index in [0.717, 1.165) is 12.8 Å². The van der Waals surface area contributed by atoms with Gasteiger partial charge in [-0.1, -0.05) is 45.4 Å². The van der Waals surface area contributed by atoms with Gasteiger partial charge in [-0.2, -0.15) is 0 Å². The number of halogens is 3. The number of alkyl halides is 3. The van der Waals surface area contributed by atoms with Crippen molar-refractivity contribution in [3.8, 4) is 11.5 Å². The average Bonchev–Trinajstić information content (AvgIpc) is 2.42. The van der Waals surface area contributed by atoms with Gasteiger partial charge < -0.3 is 9.47 Å². The van der Waals surface area contributed by atoms with Crippen molar-refractivity contribution in [2.24, 2.45) is 0 Å². The van der Waals surface area contributed by atoms with Crippen LogP contribution in [0.15, 0.2) is 24.3 Å². The van der Waals surface area contributed by atoms with Crippen molar-refractivity contribution in [1.29, 1.82) is 0 Å². The van der Waals surface area contributed by atoms with Gasteiger partial charge in [0.1, 0.15) is 11.5 Å². The fourth-order valence-corrected chi connectivity index (χ4v) is 1.99. The Hall–Kier alpha value is -1.39. The molecule has 0 spiro atoms. The zero-order valence-corrected chi connectivity index (χ0v) is 12.4. The van der Waals surface area contributed by atoms with Crippen molar-refractivity contribution < 1.29 is 22.6 Å². The number of ether oxygens (including phenoxy) is 2. The summed E-state index contributed by atoms with van der Waals surface area (Å²) in [5.41, 5.74) is 0. The predicted molar refractivity (Wildman–Crippen MR) is 76.6 cm³/mol. The summed E-state index contributed by atoms with van der Waals surface area (Å²) in [5, 5.41) is 0. The van der Waals surface area contributed by atoms with Gasteiger partial charge in [-0.05, 0) is 30.7 Å². The van der Waals surface area contributed by atoms with Gasteiger partial charge >= 0.3 is 6.36 Å². The molecule has 0 saturated carbocycles. The van der Waals surface area contributed by atoms with E-state index in [0.29, 0.717) is 12.4 Å². The van der Waals surface area contributed by atoms with Gasteiger partial charge in [0, 0.05) is 0 Å². The van der Waals surface area contributed by atoms with Crippen LogP contribution in [0.3, 0.4) is 0 Å². The Kier molecular flexibility index (Phi) is 8.01. The molecule has 1 rings (SSSR count). The zero-order chi connectivity index (χ0) is 15.6. The molecule has 0 bridgehead atoms. The lowest BCUT2D eigenvalue weighted by Crippen LogP contribution is -2.16. The van der Waals surface area contributed by atoms with Crippen LogP contribution in [-0.4, -0.2) is 13.0 Å². The molecule has 0 aliphatic rings. The van der Waals surface area contributed by atoms with E-state index in [9.17, 15) is 13.2 Å². The van der Waals surface area contributed by atoms with E-state index in [1.807, 2.05) is 0 Å². The molecular formula is C16H23F3O2. The first-order valence-corrected chi connectivity index (χ1v) is 7.50. The molecule has 1 aromatic rings. The zero-order valence-electron chi connectivity index (χ0n) is 12.4. The maximum Gasteiger partial charge on any atom is 0.573 e. The molecule has 2 nitrogen and oxygen atoms in total. The first-order chi connectivity index (χ1) is 10.0. The molecule has 0 aromatic heterocycles. The Labute approximate surface area is 124 Å². The fraction of sp³-hybridized carbons (Fsp3) is 0.625. The first-order valence-electron chi connectivity index (χ1n) is 7.50. The molecule has 0 N–H and O–H groups in total. The van der Waals surface area contributed by atoms with Crippen molar-refractivity contribution >= 4 is 0 Å². The normalized spacial score (nSPS) is 11.4. The predicted octanol–water partition coefficient (Wildman–Crippen LogP) is 5.71. The molecule has 0 aliphatic carbocycles. The highest BCUT2D eigenvalue weighted by Crippen LogP contribution is 2.24. The number of hydrogen-bond donors (Lipinski definition) is 0. The summed E-state index contributed by atoms with van der Waals surface area (Å²) >= 11 is 0. The molecule has 1 aromatic carbocycles. The summed E-state index contributed by atoms with van der Waals surface area (Å²) in [5.74, 6) is 0.335. The van der Waals surface area contributed by atoms with Crippen LogP contribution in [0.2, 0.25) is 0 Å². The van der Waals surface area contributed by atoms with Crippen LogP contribution >= 0.6 is 0 Å². The topological polar surface area (TPSA) is 18.5 Å². The summed E-state index contributed by atoms with van der Waals surface area (Å²) in [6, 6.07) is 5.49. The summed E-state index contributed by atoms with van der Waals surface area (Å²) in [6.45, 7) is 2.78. The molecule has 0 amide bonds. The Morgan fingerprint density at radius 3 is 1.90 bits per heavy atom. The molecule has 5 heteroatoms. The van der Waals surface area contributed by atoms with Crippen molar-refractivity contribution in [2.75, 3.05) is 6.61 Å². The lowest BCUT2D eigenvalue weighted by atomic mass is 10.1. The smallest absolute Gasteiger partial charge is 0.494 e. The highest BCUT2D eigenvalue weighted by molar-refractivity contribution is 5.31. The minimum atomic E-state index is -4.65. The monoisotopic (exact) mass is 304 g/mol. The van der Waals surface area contributed by atoms with Crippen molar-refractivity contribution in [2.45, 2.75) is 58.2 Å². The molecule has 0 fully saturated rings. The molecule has 21 heavy (non-hydrogen) atoms. The van der Waals surface area contributed by atoms with Crippen molar-refractivity contribution in [1.82, 2.24) is 0 Å². The quantitative estimate of drug-likeness (QED) is 0.515. The van der Waals surface area contributed by atoms with E-state index in [2.05, 4.69) is 11.7 Å². The van der Waals surface area contributed by atoms with Crippen LogP contribution in [0, 0.1) is 0 Å². The number of benzene rings is 1. The Bertz CT molecular complexity index is 374. The highest BCUT2D eigenvalue weighted by atomic mass is 19.4. The molecule has 0 radical (unpaired) electrons. The van der Waals surface area contributed by atoms with Crippen LogP contribution in [0.1, 0.15) is 51.9 Å². The lowest BCUT2D eigenvalue weighted by Gasteiger charge is -2.10. The van der Waals surface area contributed by atoms with Crippen LogP contribution in [-0.2, 0) is 0 Å². The summed E-state index contributed by atoms with van der Waals surface area (Å²) in [4.78, 5) is 0. The Balaban J connectivity index is 2.13. The largest absolute Gasteiger partial charge is 0.573 e. The Morgan fingerprint density at radius 1 is 0.810 bits per heavy atom. The second-order valence-electron chi connectivity index (χ2n) is 4.99. The molecule has 0 unspecified atom stereocenters. The van der Waals surface area contributed by atoms with Gasteiger partial charge in [0.25, 0.3) is 0 Å². The minimum absolute atomic E-state index is 0.231. The van der Waals surface area contributed by atoms with E-state index in [1.165, 1.54) is 56.4 Å². The van der Waals surface area contributed by atoms with E-state index in [4.69, 9.17) is 4.74 Å². The molecule has 120 valence electrons. The van der Waals surface area contributed by atoms with E-state index in [1.54, 1.807) is 0 Å². The fourth-order valence-electron chi connectivity index (χ4n) is 1.99. The van der Waals surface area contributed by atoms with Gasteiger partial charge in [0.15, 0.2) is 0 Å². The second-order valence-corrected chi connectivity index (χ2v) is 4.99. The van der Waals surface area contributed by atoms with Crippen LogP contribution in [0.4, 0.5) is 13.2 Å². The van der Waals surface area contributed by atoms with Crippen molar-refractivity contribution in [3.63, 3.8) is 0 Å². The molecular weight excluding hydrogens is 281 g/mol. The number of unbranched alkanes of at least 4 members (excludes halogenated alkanes) is 6. The van der Waals surface area contributed by atoms with Gasteiger partial charge in [-0.3, -0.25) is 0 Å². The highest BCUT2D eigenvalue weighted by Gasteiger charge is 2.30. The first kappa shape index (κ1) is 17.7. The lowest BCUT2D eigenvalue weighted by molar-refractivity contribution is -0.274. The number of hydrogen-bond acceptors (Lipinski definition) is 2. The molecule has 0 atom stereocenters. The van der Waals surface area contributed by atoms with E-state index < -0.39 is 6.36 Å². The third-order valence-corrected chi connectivity index (χ3v) is 3.07.